The van der Waals surface area contributed by atoms with Gasteiger partial charge in [0, 0.05) is 5.41 Å². The summed E-state index contributed by atoms with van der Waals surface area (Å²) in [5, 5.41) is 10.2. The van der Waals surface area contributed by atoms with Crippen LogP contribution in [0.3, 0.4) is 0 Å². The second-order valence-corrected chi connectivity index (χ2v) is 4.07. The van der Waals surface area contributed by atoms with Crippen molar-refractivity contribution in [2.24, 2.45) is 0 Å². The van der Waals surface area contributed by atoms with Gasteiger partial charge in [0.15, 0.2) is 0 Å². The summed E-state index contributed by atoms with van der Waals surface area (Å²) in [5.74, 6) is -1.26. The Hall–Kier alpha value is -1.49. The first-order chi connectivity index (χ1) is 7.16. The molecule has 0 aliphatic carbocycles. The summed E-state index contributed by atoms with van der Waals surface area (Å²) in [6.45, 7) is 1.86. The third-order valence-electron chi connectivity index (χ3n) is 2.22. The van der Waals surface area contributed by atoms with Crippen molar-refractivity contribution in [3.8, 4) is 0 Å². The van der Waals surface area contributed by atoms with Gasteiger partial charge >= 0.3 is 5.97 Å². The number of carboxylic acid groups (broad SMARTS) is 1. The summed E-state index contributed by atoms with van der Waals surface area (Å²) in [6, 6.07) is 0. The van der Waals surface area contributed by atoms with Crippen molar-refractivity contribution >= 4 is 23.6 Å². The highest BCUT2D eigenvalue weighted by molar-refractivity contribution is 8.03. The second kappa shape index (κ2) is 3.58. The van der Waals surface area contributed by atoms with Gasteiger partial charge in [0.25, 0.3) is 5.91 Å². The second-order valence-electron chi connectivity index (χ2n) is 3.12. The molecule has 2 aliphatic rings. The van der Waals surface area contributed by atoms with Crippen LogP contribution in [-0.4, -0.2) is 27.3 Å². The van der Waals surface area contributed by atoms with Crippen LogP contribution in [0.25, 0.3) is 0 Å². The Morgan fingerprint density at radius 1 is 1.67 bits per heavy atom. The lowest BCUT2D eigenvalue weighted by atomic mass is 10.0. The molecule has 0 saturated carbocycles. The van der Waals surface area contributed by atoms with Crippen LogP contribution in [0.5, 0.6) is 0 Å². The summed E-state index contributed by atoms with van der Waals surface area (Å²) in [7, 11) is 0. The van der Waals surface area contributed by atoms with Gasteiger partial charge in [-0.25, -0.2) is 4.79 Å². The van der Waals surface area contributed by atoms with Gasteiger partial charge in [0.05, 0.1) is 5.57 Å². The summed E-state index contributed by atoms with van der Waals surface area (Å²) < 4.78 is 0. The van der Waals surface area contributed by atoms with Crippen molar-refractivity contribution in [3.63, 3.8) is 0 Å². The number of hydrogen-bond acceptors (Lipinski definition) is 3. The third-order valence-corrected chi connectivity index (χ3v) is 3.30. The fourth-order valence-electron chi connectivity index (χ4n) is 1.49. The minimum absolute atomic E-state index is 0.0765. The standard InChI is InChI=1S/C10H9NO3S/c1-2-3-4-6-8(12)11-7(10(13)14)5-15-9(6)11/h2-5,9H,1H3,(H,13,14)/b3-2+,6-4-. The Kier molecular flexibility index (Phi) is 2.40. The van der Waals surface area contributed by atoms with E-state index in [0.29, 0.717) is 5.57 Å². The molecule has 1 saturated heterocycles. The number of rotatable bonds is 2. The average molecular weight is 223 g/mol. The maximum absolute atomic E-state index is 11.6. The van der Waals surface area contributed by atoms with E-state index in [0.717, 1.165) is 0 Å². The molecule has 0 spiro atoms. The van der Waals surface area contributed by atoms with E-state index in [-0.39, 0.29) is 17.0 Å². The molecule has 2 heterocycles. The van der Waals surface area contributed by atoms with E-state index in [1.54, 1.807) is 12.2 Å². The van der Waals surface area contributed by atoms with Crippen LogP contribution in [-0.2, 0) is 9.59 Å². The smallest absolute Gasteiger partial charge is 0.353 e. The van der Waals surface area contributed by atoms with Crippen LogP contribution in [0.2, 0.25) is 0 Å². The largest absolute Gasteiger partial charge is 0.477 e. The van der Waals surface area contributed by atoms with Gasteiger partial charge in [-0.05, 0) is 6.92 Å². The zero-order valence-electron chi connectivity index (χ0n) is 8.01. The van der Waals surface area contributed by atoms with Crippen LogP contribution in [0, 0.1) is 0 Å². The molecule has 1 amide bonds. The maximum atomic E-state index is 11.6. The van der Waals surface area contributed by atoms with Crippen LogP contribution < -0.4 is 0 Å². The molecule has 78 valence electrons. The summed E-state index contributed by atoms with van der Waals surface area (Å²) in [5.41, 5.74) is 0.734. The molecule has 1 unspecified atom stereocenters. The monoisotopic (exact) mass is 223 g/mol. The molecule has 0 aromatic heterocycles. The SMILES string of the molecule is C/C=C/C=C1/C(=O)N2C(C(=O)O)=CSC12. The highest BCUT2D eigenvalue weighted by Crippen LogP contribution is 2.44. The van der Waals surface area contributed by atoms with Gasteiger partial charge in [-0.3, -0.25) is 9.69 Å². The molecule has 2 aliphatic heterocycles. The van der Waals surface area contributed by atoms with E-state index in [1.807, 2.05) is 13.0 Å². The lowest BCUT2D eigenvalue weighted by Crippen LogP contribution is -2.51. The highest BCUT2D eigenvalue weighted by atomic mass is 32.2. The number of hydrogen-bond donors (Lipinski definition) is 1. The fourth-order valence-corrected chi connectivity index (χ4v) is 2.62. The molecule has 5 heteroatoms. The first kappa shape index (κ1) is 10.0. The Labute approximate surface area is 90.9 Å². The van der Waals surface area contributed by atoms with E-state index in [1.165, 1.54) is 22.1 Å². The first-order valence-corrected chi connectivity index (χ1v) is 5.36. The molecule has 2 rings (SSSR count). The Balaban J connectivity index is 2.20. The van der Waals surface area contributed by atoms with Gasteiger partial charge in [-0.2, -0.15) is 0 Å². The lowest BCUT2D eigenvalue weighted by molar-refractivity contribution is -0.141. The summed E-state index contributed by atoms with van der Waals surface area (Å²) in [4.78, 5) is 23.6. The number of fused-ring (bicyclic) bond motifs is 1. The molecule has 0 aromatic carbocycles. The van der Waals surface area contributed by atoms with E-state index >= 15 is 0 Å². The predicted molar refractivity (Wildman–Crippen MR) is 56.8 cm³/mol. The molecule has 4 nitrogen and oxygen atoms in total. The number of allylic oxidation sites excluding steroid dienone is 3. The summed E-state index contributed by atoms with van der Waals surface area (Å²) in [6.07, 6.45) is 5.34. The molecule has 0 bridgehead atoms. The van der Waals surface area contributed by atoms with Gasteiger partial charge in [0.2, 0.25) is 0 Å². The van der Waals surface area contributed by atoms with Crippen LogP contribution in [0.15, 0.2) is 34.9 Å². The van der Waals surface area contributed by atoms with E-state index in [9.17, 15) is 9.59 Å². The molecule has 1 fully saturated rings. The number of amides is 1. The van der Waals surface area contributed by atoms with Crippen molar-refractivity contribution in [1.82, 2.24) is 4.90 Å². The molecular formula is C10H9NO3S. The molecule has 15 heavy (non-hydrogen) atoms. The van der Waals surface area contributed by atoms with Gasteiger partial charge in [0.1, 0.15) is 11.1 Å². The first-order valence-electron chi connectivity index (χ1n) is 4.42. The summed E-state index contributed by atoms with van der Waals surface area (Å²) >= 11 is 1.35. The van der Waals surface area contributed by atoms with Gasteiger partial charge in [-0.15, -0.1) is 11.8 Å². The van der Waals surface area contributed by atoms with E-state index < -0.39 is 5.97 Å². The van der Waals surface area contributed by atoms with Crippen molar-refractivity contribution in [2.75, 3.05) is 0 Å². The molecular weight excluding hydrogens is 214 g/mol. The Morgan fingerprint density at radius 3 is 3.00 bits per heavy atom. The van der Waals surface area contributed by atoms with E-state index in [2.05, 4.69) is 0 Å². The van der Waals surface area contributed by atoms with Crippen molar-refractivity contribution in [2.45, 2.75) is 12.3 Å². The molecule has 1 atom stereocenters. The highest BCUT2D eigenvalue weighted by Gasteiger charge is 2.49. The number of carbonyl (C=O) groups excluding carboxylic acids is 1. The van der Waals surface area contributed by atoms with Gasteiger partial charge in [-0.1, -0.05) is 18.2 Å². The quantitative estimate of drug-likeness (QED) is 0.566. The van der Waals surface area contributed by atoms with Crippen molar-refractivity contribution in [1.29, 1.82) is 0 Å². The average Bonchev–Trinajstić information content (AvgIpc) is 2.58. The number of carbonyl (C=O) groups is 2. The Bertz CT molecular complexity index is 422. The fraction of sp³-hybridized carbons (Fsp3) is 0.200. The van der Waals surface area contributed by atoms with E-state index in [4.69, 9.17) is 5.11 Å². The zero-order chi connectivity index (χ0) is 11.0. The van der Waals surface area contributed by atoms with Crippen molar-refractivity contribution in [3.05, 3.63) is 34.9 Å². The van der Waals surface area contributed by atoms with Gasteiger partial charge < -0.3 is 5.11 Å². The minimum atomic E-state index is -1.05. The number of nitrogens with zero attached hydrogens (tertiary/aromatic N) is 1. The molecule has 0 radical (unpaired) electrons. The molecule has 1 N–H and O–H groups in total. The topological polar surface area (TPSA) is 57.6 Å². The van der Waals surface area contributed by atoms with Crippen LogP contribution in [0.1, 0.15) is 6.92 Å². The van der Waals surface area contributed by atoms with Crippen molar-refractivity contribution < 1.29 is 14.7 Å². The number of aliphatic carboxylic acids is 1. The predicted octanol–water partition coefficient (Wildman–Crippen LogP) is 1.33. The normalized spacial score (nSPS) is 26.9. The lowest BCUT2D eigenvalue weighted by Gasteiger charge is -2.36. The molecule has 0 aromatic rings. The Morgan fingerprint density at radius 2 is 2.40 bits per heavy atom. The number of carboxylic acids is 1. The zero-order valence-corrected chi connectivity index (χ0v) is 8.82. The number of β-lactam (4-membered cyclic amide) rings is 1. The third kappa shape index (κ3) is 1.39. The van der Waals surface area contributed by atoms with Crippen LogP contribution >= 0.6 is 11.8 Å². The van der Waals surface area contributed by atoms with Crippen LogP contribution in [0.4, 0.5) is 0 Å². The number of thioether (sulfide) groups is 1. The maximum Gasteiger partial charge on any atom is 0.353 e. The minimum Gasteiger partial charge on any atom is -0.477 e.